The summed E-state index contributed by atoms with van der Waals surface area (Å²) in [6.45, 7) is 3.96. The number of nitrogens with zero attached hydrogens (tertiary/aromatic N) is 1. The molecule has 0 spiro atoms. The fraction of sp³-hybridized carbons (Fsp3) is 0.462. The van der Waals surface area contributed by atoms with Crippen LogP contribution >= 0.6 is 0 Å². The Morgan fingerprint density at radius 3 is 2.67 bits per heavy atom. The molecule has 0 aliphatic carbocycles. The van der Waals surface area contributed by atoms with Crippen LogP contribution in [0.2, 0.25) is 0 Å². The molecule has 1 aliphatic rings. The fourth-order valence-corrected chi connectivity index (χ4v) is 2.18. The van der Waals surface area contributed by atoms with Crippen LogP contribution in [0, 0.1) is 21.7 Å². The summed E-state index contributed by atoms with van der Waals surface area (Å²) in [5.41, 5.74) is -2.27. The molecule has 1 aliphatic heterocycles. The zero-order valence-corrected chi connectivity index (χ0v) is 11.5. The number of hydrogen-bond donors (Lipinski definition) is 1. The van der Waals surface area contributed by atoms with Gasteiger partial charge >= 0.3 is 5.69 Å². The van der Waals surface area contributed by atoms with Crippen LogP contribution in [0.25, 0.3) is 0 Å². The Labute approximate surface area is 119 Å². The lowest BCUT2D eigenvalue weighted by Crippen LogP contribution is -2.50. The molecule has 1 saturated heterocycles. The first-order valence-electron chi connectivity index (χ1n) is 6.32. The van der Waals surface area contributed by atoms with Crippen molar-refractivity contribution in [3.05, 3.63) is 39.4 Å². The highest BCUT2D eigenvalue weighted by Gasteiger charge is 2.39. The molecule has 1 fully saturated rings. The van der Waals surface area contributed by atoms with Crippen LogP contribution in [-0.2, 0) is 4.74 Å². The molecular formula is C13H14F2N2O4. The Balaban J connectivity index is 2.28. The van der Waals surface area contributed by atoms with Crippen LogP contribution in [0.1, 0.15) is 30.6 Å². The molecule has 2 rings (SSSR count). The van der Waals surface area contributed by atoms with Gasteiger partial charge in [0.2, 0.25) is 5.82 Å². The molecule has 1 amide bonds. The van der Waals surface area contributed by atoms with Gasteiger partial charge in [0.15, 0.2) is 0 Å². The summed E-state index contributed by atoms with van der Waals surface area (Å²) in [4.78, 5) is 21.5. The SMILES string of the molecule is CC1OCCC1(C)NC(=O)c1cc(F)c([N+](=O)[O-])cc1F. The standard InChI is InChI=1S/C13H14F2N2O4/c1-7-13(2,3-4-21-7)16-12(18)8-5-10(15)11(17(19)20)6-9(8)14/h5-7H,3-4H2,1-2H3,(H,16,18). The lowest BCUT2D eigenvalue weighted by atomic mass is 9.94. The summed E-state index contributed by atoms with van der Waals surface area (Å²) in [5.74, 6) is -3.23. The minimum absolute atomic E-state index is 0.271. The molecule has 2 atom stereocenters. The highest BCUT2D eigenvalue weighted by molar-refractivity contribution is 5.95. The van der Waals surface area contributed by atoms with Gasteiger partial charge in [-0.05, 0) is 26.3 Å². The highest BCUT2D eigenvalue weighted by Crippen LogP contribution is 2.27. The number of nitrogens with one attached hydrogen (secondary N) is 1. The van der Waals surface area contributed by atoms with E-state index < -0.39 is 39.3 Å². The number of nitro benzene ring substituents is 1. The van der Waals surface area contributed by atoms with E-state index in [0.717, 1.165) is 0 Å². The number of carbonyl (C=O) groups excluding carboxylic acids is 1. The maximum Gasteiger partial charge on any atom is 0.307 e. The van der Waals surface area contributed by atoms with Gasteiger partial charge in [0.25, 0.3) is 5.91 Å². The maximum absolute atomic E-state index is 13.8. The number of ether oxygens (including phenoxy) is 1. The molecule has 0 radical (unpaired) electrons. The first-order chi connectivity index (χ1) is 9.74. The number of nitro groups is 1. The van der Waals surface area contributed by atoms with Crippen LogP contribution in [0.4, 0.5) is 14.5 Å². The second-order valence-corrected chi connectivity index (χ2v) is 5.18. The van der Waals surface area contributed by atoms with Crippen LogP contribution in [0.3, 0.4) is 0 Å². The van der Waals surface area contributed by atoms with Gasteiger partial charge in [0.05, 0.1) is 28.2 Å². The molecule has 0 aromatic heterocycles. The monoisotopic (exact) mass is 300 g/mol. The molecule has 1 heterocycles. The predicted molar refractivity (Wildman–Crippen MR) is 68.9 cm³/mol. The summed E-state index contributed by atoms with van der Waals surface area (Å²) in [6, 6.07) is 0.938. The lowest BCUT2D eigenvalue weighted by molar-refractivity contribution is -0.387. The zero-order valence-electron chi connectivity index (χ0n) is 11.5. The van der Waals surface area contributed by atoms with Crippen LogP contribution in [0.5, 0.6) is 0 Å². The number of carbonyl (C=O) groups is 1. The molecule has 1 N–H and O–H groups in total. The van der Waals surface area contributed by atoms with Crippen molar-refractivity contribution in [2.45, 2.75) is 31.9 Å². The summed E-state index contributed by atoms with van der Waals surface area (Å²) in [5, 5.41) is 13.1. The van der Waals surface area contributed by atoms with Crippen LogP contribution in [-0.4, -0.2) is 29.1 Å². The maximum atomic E-state index is 13.8. The summed E-state index contributed by atoms with van der Waals surface area (Å²) >= 11 is 0. The van der Waals surface area contributed by atoms with E-state index in [-0.39, 0.29) is 6.10 Å². The first kappa shape index (κ1) is 15.3. The molecule has 2 unspecified atom stereocenters. The van der Waals surface area contributed by atoms with Gasteiger partial charge in [-0.15, -0.1) is 0 Å². The Hall–Kier alpha value is -2.09. The van der Waals surface area contributed by atoms with E-state index in [9.17, 15) is 23.7 Å². The Bertz CT molecular complexity index is 608. The van der Waals surface area contributed by atoms with Gasteiger partial charge in [-0.1, -0.05) is 0 Å². The van der Waals surface area contributed by atoms with Crippen molar-refractivity contribution in [3.63, 3.8) is 0 Å². The summed E-state index contributed by atoms with van der Waals surface area (Å²) in [6.07, 6.45) is 0.268. The van der Waals surface area contributed by atoms with Crippen LogP contribution in [0.15, 0.2) is 12.1 Å². The van der Waals surface area contributed by atoms with Crippen molar-refractivity contribution in [1.29, 1.82) is 0 Å². The van der Waals surface area contributed by atoms with Crippen molar-refractivity contribution in [2.75, 3.05) is 6.61 Å². The fourth-order valence-electron chi connectivity index (χ4n) is 2.18. The van der Waals surface area contributed by atoms with E-state index in [4.69, 9.17) is 4.74 Å². The third-order valence-corrected chi connectivity index (χ3v) is 3.76. The predicted octanol–water partition coefficient (Wildman–Crippen LogP) is 2.17. The average molecular weight is 300 g/mol. The number of hydrogen-bond acceptors (Lipinski definition) is 4. The van der Waals surface area contributed by atoms with Crippen molar-refractivity contribution in [1.82, 2.24) is 5.32 Å². The molecule has 1 aromatic rings. The van der Waals surface area contributed by atoms with Gasteiger partial charge in [0.1, 0.15) is 5.82 Å². The van der Waals surface area contributed by atoms with Crippen molar-refractivity contribution < 1.29 is 23.2 Å². The van der Waals surface area contributed by atoms with Crippen LogP contribution < -0.4 is 5.32 Å². The molecule has 0 saturated carbocycles. The normalized spacial score (nSPS) is 24.9. The van der Waals surface area contributed by atoms with E-state index in [1.165, 1.54) is 0 Å². The topological polar surface area (TPSA) is 81.5 Å². The largest absolute Gasteiger partial charge is 0.376 e. The minimum Gasteiger partial charge on any atom is -0.376 e. The molecule has 21 heavy (non-hydrogen) atoms. The molecular weight excluding hydrogens is 286 g/mol. The van der Waals surface area contributed by atoms with E-state index in [2.05, 4.69) is 5.32 Å². The zero-order chi connectivity index (χ0) is 15.8. The lowest BCUT2D eigenvalue weighted by Gasteiger charge is -2.28. The first-order valence-corrected chi connectivity index (χ1v) is 6.32. The van der Waals surface area contributed by atoms with Gasteiger partial charge < -0.3 is 10.1 Å². The number of benzene rings is 1. The number of halogens is 2. The molecule has 0 bridgehead atoms. The Kier molecular flexibility index (Phi) is 3.91. The number of rotatable bonds is 3. The van der Waals surface area contributed by atoms with Crippen molar-refractivity contribution in [3.8, 4) is 0 Å². The third kappa shape index (κ3) is 2.85. The molecule has 114 valence electrons. The Morgan fingerprint density at radius 1 is 1.48 bits per heavy atom. The van der Waals surface area contributed by atoms with E-state index in [1.54, 1.807) is 13.8 Å². The van der Waals surface area contributed by atoms with Crippen molar-refractivity contribution in [2.24, 2.45) is 0 Å². The highest BCUT2D eigenvalue weighted by atomic mass is 19.1. The molecule has 8 heteroatoms. The quantitative estimate of drug-likeness (QED) is 0.685. The number of amides is 1. The average Bonchev–Trinajstić information content (AvgIpc) is 2.71. The van der Waals surface area contributed by atoms with Gasteiger partial charge in [-0.2, -0.15) is 4.39 Å². The summed E-state index contributed by atoms with van der Waals surface area (Å²) in [7, 11) is 0. The Morgan fingerprint density at radius 2 is 2.14 bits per heavy atom. The molecule has 6 nitrogen and oxygen atoms in total. The smallest absolute Gasteiger partial charge is 0.307 e. The second-order valence-electron chi connectivity index (χ2n) is 5.18. The molecule has 1 aromatic carbocycles. The van der Waals surface area contributed by atoms with Gasteiger partial charge in [-0.25, -0.2) is 4.39 Å². The minimum atomic E-state index is -1.26. The van der Waals surface area contributed by atoms with Gasteiger partial charge in [0, 0.05) is 6.61 Å². The summed E-state index contributed by atoms with van der Waals surface area (Å²) < 4.78 is 32.6. The van der Waals surface area contributed by atoms with Crippen molar-refractivity contribution >= 4 is 11.6 Å². The van der Waals surface area contributed by atoms with E-state index in [0.29, 0.717) is 25.2 Å². The second kappa shape index (κ2) is 5.36. The van der Waals surface area contributed by atoms with Gasteiger partial charge in [-0.3, -0.25) is 14.9 Å². The van der Waals surface area contributed by atoms with E-state index in [1.807, 2.05) is 0 Å². The third-order valence-electron chi connectivity index (χ3n) is 3.76. The van der Waals surface area contributed by atoms with E-state index >= 15 is 0 Å².